The van der Waals surface area contributed by atoms with Crippen LogP contribution in [-0.2, 0) is 0 Å². The molecule has 0 aliphatic heterocycles. The van der Waals surface area contributed by atoms with E-state index >= 15 is 0 Å². The summed E-state index contributed by atoms with van der Waals surface area (Å²) in [6, 6.07) is 5.02. The summed E-state index contributed by atoms with van der Waals surface area (Å²) in [5.41, 5.74) is 6.91. The fraction of sp³-hybridized carbons (Fsp3) is 0.385. The maximum atomic E-state index is 12.4. The van der Waals surface area contributed by atoms with Crippen LogP contribution >= 0.6 is 0 Å². The number of aromatic nitrogens is 1. The highest BCUT2D eigenvalue weighted by Crippen LogP contribution is 2.42. The Kier molecular flexibility index (Phi) is 2.38. The third kappa shape index (κ3) is 1.51. The average molecular weight is 246 g/mol. The average Bonchev–Trinajstić information content (AvgIpc) is 2.67. The first-order valence-corrected chi connectivity index (χ1v) is 6.02. The molecule has 1 heterocycles. The van der Waals surface area contributed by atoms with Gasteiger partial charge < -0.3 is 10.2 Å². The summed E-state index contributed by atoms with van der Waals surface area (Å²) in [6.45, 7) is 0.376. The SMILES string of the molecule is NCC1(C(=O)c2ccc3[nH]c(=O)oc3c2)CCC1. The van der Waals surface area contributed by atoms with Crippen molar-refractivity contribution in [2.24, 2.45) is 11.1 Å². The van der Waals surface area contributed by atoms with Crippen LogP contribution in [0.2, 0.25) is 0 Å². The number of nitrogens with two attached hydrogens (primary N) is 1. The minimum atomic E-state index is -0.508. The largest absolute Gasteiger partial charge is 0.417 e. The number of hydrogen-bond acceptors (Lipinski definition) is 4. The van der Waals surface area contributed by atoms with Gasteiger partial charge >= 0.3 is 5.76 Å². The number of nitrogens with one attached hydrogen (secondary N) is 1. The Morgan fingerprint density at radius 2 is 2.22 bits per heavy atom. The van der Waals surface area contributed by atoms with Gasteiger partial charge in [-0.1, -0.05) is 6.42 Å². The summed E-state index contributed by atoms with van der Waals surface area (Å²) in [5.74, 6) is -0.450. The molecule has 5 nitrogen and oxygen atoms in total. The van der Waals surface area contributed by atoms with E-state index in [9.17, 15) is 9.59 Å². The predicted molar refractivity (Wildman–Crippen MR) is 66.5 cm³/mol. The van der Waals surface area contributed by atoms with Crippen molar-refractivity contribution in [3.05, 3.63) is 34.3 Å². The molecule has 0 bridgehead atoms. The number of benzene rings is 1. The monoisotopic (exact) mass is 246 g/mol. The van der Waals surface area contributed by atoms with Crippen molar-refractivity contribution in [1.29, 1.82) is 0 Å². The number of Topliss-reactive ketones (excluding diaryl/α,β-unsaturated/α-hetero) is 1. The Hall–Kier alpha value is -1.88. The second-order valence-corrected chi connectivity index (χ2v) is 4.89. The number of H-pyrrole nitrogens is 1. The van der Waals surface area contributed by atoms with Gasteiger partial charge in [-0.15, -0.1) is 0 Å². The molecule has 3 rings (SSSR count). The molecule has 18 heavy (non-hydrogen) atoms. The summed E-state index contributed by atoms with van der Waals surface area (Å²) < 4.78 is 4.96. The molecule has 1 aromatic carbocycles. The zero-order valence-electron chi connectivity index (χ0n) is 9.86. The zero-order chi connectivity index (χ0) is 12.8. The van der Waals surface area contributed by atoms with Crippen molar-refractivity contribution in [1.82, 2.24) is 4.98 Å². The van der Waals surface area contributed by atoms with E-state index in [0.717, 1.165) is 19.3 Å². The molecular formula is C13H14N2O3. The summed E-state index contributed by atoms with van der Waals surface area (Å²) >= 11 is 0. The van der Waals surface area contributed by atoms with Crippen LogP contribution in [0.15, 0.2) is 27.4 Å². The molecule has 0 spiro atoms. The Morgan fingerprint density at radius 3 is 2.83 bits per heavy atom. The first-order valence-electron chi connectivity index (χ1n) is 6.02. The van der Waals surface area contributed by atoms with Crippen LogP contribution in [0.25, 0.3) is 11.1 Å². The number of oxazole rings is 1. The number of hydrogen-bond donors (Lipinski definition) is 2. The third-order valence-electron chi connectivity index (χ3n) is 3.87. The molecule has 94 valence electrons. The quantitative estimate of drug-likeness (QED) is 0.802. The van der Waals surface area contributed by atoms with Crippen molar-refractivity contribution in [2.45, 2.75) is 19.3 Å². The molecule has 1 aliphatic rings. The Balaban J connectivity index is 2.03. The second kappa shape index (κ2) is 3.81. The maximum absolute atomic E-state index is 12.4. The van der Waals surface area contributed by atoms with Gasteiger partial charge in [-0.2, -0.15) is 0 Å². The molecule has 1 saturated carbocycles. The fourth-order valence-corrected chi connectivity index (χ4v) is 2.52. The standard InChI is InChI=1S/C13H14N2O3/c14-7-13(4-1-5-13)11(16)8-2-3-9-10(6-8)18-12(17)15-9/h2-3,6H,1,4-5,7,14H2,(H,15,17). The first kappa shape index (κ1) is 11.2. The van der Waals surface area contributed by atoms with Gasteiger partial charge in [0.2, 0.25) is 0 Å². The van der Waals surface area contributed by atoms with E-state index in [0.29, 0.717) is 23.2 Å². The van der Waals surface area contributed by atoms with Crippen molar-refractivity contribution in [3.8, 4) is 0 Å². The number of fused-ring (bicyclic) bond motifs is 1. The van der Waals surface area contributed by atoms with Gasteiger partial charge in [0, 0.05) is 17.5 Å². The van der Waals surface area contributed by atoms with Crippen LogP contribution in [0.5, 0.6) is 0 Å². The Morgan fingerprint density at radius 1 is 1.44 bits per heavy atom. The van der Waals surface area contributed by atoms with Crippen LogP contribution < -0.4 is 11.5 Å². The number of ketones is 1. The molecule has 0 unspecified atom stereocenters. The minimum absolute atomic E-state index is 0.0574. The molecule has 0 radical (unpaired) electrons. The molecular weight excluding hydrogens is 232 g/mol. The van der Waals surface area contributed by atoms with Gasteiger partial charge in [-0.25, -0.2) is 4.79 Å². The highest BCUT2D eigenvalue weighted by molar-refractivity contribution is 6.03. The van der Waals surface area contributed by atoms with E-state index in [-0.39, 0.29) is 5.78 Å². The van der Waals surface area contributed by atoms with Gasteiger partial charge in [-0.05, 0) is 31.0 Å². The second-order valence-electron chi connectivity index (χ2n) is 4.89. The van der Waals surface area contributed by atoms with Gasteiger partial charge in [-0.3, -0.25) is 9.78 Å². The molecule has 3 N–H and O–H groups in total. The molecule has 0 atom stereocenters. The highest BCUT2D eigenvalue weighted by Gasteiger charge is 2.43. The molecule has 1 aromatic heterocycles. The summed E-state index contributed by atoms with van der Waals surface area (Å²) in [5, 5.41) is 0. The predicted octanol–water partition coefficient (Wildman–Crippen LogP) is 1.43. The van der Waals surface area contributed by atoms with Crippen LogP contribution in [0.3, 0.4) is 0 Å². The van der Waals surface area contributed by atoms with E-state index in [1.54, 1.807) is 18.2 Å². The van der Waals surface area contributed by atoms with Crippen LogP contribution in [0, 0.1) is 5.41 Å². The molecule has 0 saturated heterocycles. The third-order valence-corrected chi connectivity index (χ3v) is 3.87. The van der Waals surface area contributed by atoms with Crippen LogP contribution in [-0.4, -0.2) is 17.3 Å². The van der Waals surface area contributed by atoms with Crippen molar-refractivity contribution in [2.75, 3.05) is 6.54 Å². The van der Waals surface area contributed by atoms with E-state index in [1.807, 2.05) is 0 Å². The lowest BCUT2D eigenvalue weighted by Crippen LogP contribution is -2.44. The van der Waals surface area contributed by atoms with Gasteiger partial charge in [0.05, 0.1) is 5.52 Å². The van der Waals surface area contributed by atoms with Crippen molar-refractivity contribution in [3.63, 3.8) is 0 Å². The van der Waals surface area contributed by atoms with Crippen molar-refractivity contribution >= 4 is 16.9 Å². The van der Waals surface area contributed by atoms with E-state index in [1.165, 1.54) is 0 Å². The summed E-state index contributed by atoms with van der Waals surface area (Å²) in [4.78, 5) is 26.0. The maximum Gasteiger partial charge on any atom is 0.417 e. The number of carbonyl (C=O) groups excluding carboxylic acids is 1. The van der Waals surface area contributed by atoms with E-state index in [4.69, 9.17) is 10.2 Å². The van der Waals surface area contributed by atoms with Crippen LogP contribution in [0.4, 0.5) is 0 Å². The summed E-state index contributed by atoms with van der Waals surface area (Å²) in [7, 11) is 0. The van der Waals surface area contributed by atoms with Crippen LogP contribution in [0.1, 0.15) is 29.6 Å². The molecule has 1 fully saturated rings. The molecule has 2 aromatic rings. The first-order chi connectivity index (χ1) is 8.64. The van der Waals surface area contributed by atoms with Crippen molar-refractivity contribution < 1.29 is 9.21 Å². The Bertz CT molecular complexity index is 659. The molecule has 0 amide bonds. The van der Waals surface area contributed by atoms with Gasteiger partial charge in [0.15, 0.2) is 11.4 Å². The normalized spacial score (nSPS) is 17.6. The van der Waals surface area contributed by atoms with E-state index < -0.39 is 11.2 Å². The lowest BCUT2D eigenvalue weighted by atomic mass is 9.64. The van der Waals surface area contributed by atoms with E-state index in [2.05, 4.69) is 4.98 Å². The number of carbonyl (C=O) groups is 1. The molecule has 1 aliphatic carbocycles. The lowest BCUT2D eigenvalue weighted by molar-refractivity contribution is 0.0636. The number of aromatic amines is 1. The molecule has 5 heteroatoms. The lowest BCUT2D eigenvalue weighted by Gasteiger charge is -2.39. The zero-order valence-corrected chi connectivity index (χ0v) is 9.86. The van der Waals surface area contributed by atoms with Gasteiger partial charge in [0.25, 0.3) is 0 Å². The minimum Gasteiger partial charge on any atom is -0.408 e. The summed E-state index contributed by atoms with van der Waals surface area (Å²) in [6.07, 6.45) is 2.74. The highest BCUT2D eigenvalue weighted by atomic mass is 16.4. The Labute approximate surface area is 103 Å². The topological polar surface area (TPSA) is 89.1 Å². The van der Waals surface area contributed by atoms with Gasteiger partial charge in [0.1, 0.15) is 0 Å². The smallest absolute Gasteiger partial charge is 0.408 e. The number of rotatable bonds is 3. The fourth-order valence-electron chi connectivity index (χ4n) is 2.52.